The maximum atomic E-state index is 12.8. The lowest BCUT2D eigenvalue weighted by Crippen LogP contribution is -2.48. The molecule has 0 aliphatic carbocycles. The molecule has 0 saturated heterocycles. The van der Waals surface area contributed by atoms with Crippen molar-refractivity contribution >= 4 is 18.3 Å². The largest absolute Gasteiger partial charge is 0.416 e. The van der Waals surface area contributed by atoms with Crippen LogP contribution in [0.4, 0.5) is 13.2 Å². The third-order valence-electron chi connectivity index (χ3n) is 4.47. The fourth-order valence-electron chi connectivity index (χ4n) is 3.02. The van der Waals surface area contributed by atoms with E-state index in [1.54, 1.807) is 13.0 Å². The van der Waals surface area contributed by atoms with Crippen LogP contribution in [0.25, 0.3) is 0 Å². The minimum absolute atomic E-state index is 0. The molecule has 140 valence electrons. The first-order valence-corrected chi connectivity index (χ1v) is 8.12. The molecule has 0 fully saturated rings. The van der Waals surface area contributed by atoms with Crippen LogP contribution < -0.4 is 10.6 Å². The average molecular weight is 385 g/mol. The predicted molar refractivity (Wildman–Crippen MR) is 96.0 cm³/mol. The number of rotatable bonds is 3. The number of carbonyl (C=O) groups is 1. The van der Waals surface area contributed by atoms with Gasteiger partial charge in [0.25, 0.3) is 0 Å². The van der Waals surface area contributed by atoms with Gasteiger partial charge in [-0.25, -0.2) is 0 Å². The van der Waals surface area contributed by atoms with E-state index >= 15 is 0 Å². The molecule has 2 atom stereocenters. The van der Waals surface area contributed by atoms with E-state index in [1.807, 2.05) is 24.3 Å². The zero-order chi connectivity index (χ0) is 18.0. The number of alkyl halides is 3. The zero-order valence-corrected chi connectivity index (χ0v) is 15.0. The molecular formula is C19H20ClF3N2O. The van der Waals surface area contributed by atoms with Crippen LogP contribution >= 0.6 is 12.4 Å². The van der Waals surface area contributed by atoms with Crippen LogP contribution in [-0.4, -0.2) is 11.9 Å². The van der Waals surface area contributed by atoms with E-state index in [2.05, 4.69) is 10.6 Å². The molecule has 26 heavy (non-hydrogen) atoms. The summed E-state index contributed by atoms with van der Waals surface area (Å²) in [7, 11) is 0. The molecule has 7 heteroatoms. The molecule has 2 aromatic rings. The summed E-state index contributed by atoms with van der Waals surface area (Å²) in [6.45, 7) is 2.29. The number of halogens is 4. The summed E-state index contributed by atoms with van der Waals surface area (Å²) < 4.78 is 38.5. The van der Waals surface area contributed by atoms with Crippen LogP contribution in [0.3, 0.4) is 0 Å². The number of hydrogen-bond acceptors (Lipinski definition) is 2. The first-order chi connectivity index (χ1) is 11.8. The van der Waals surface area contributed by atoms with Gasteiger partial charge in [-0.1, -0.05) is 36.4 Å². The van der Waals surface area contributed by atoms with E-state index in [0.717, 1.165) is 23.3 Å². The Morgan fingerprint density at radius 1 is 1.15 bits per heavy atom. The summed E-state index contributed by atoms with van der Waals surface area (Å²) >= 11 is 0. The molecule has 0 spiro atoms. The summed E-state index contributed by atoms with van der Waals surface area (Å²) in [6, 6.07) is 12.1. The Balaban J connectivity index is 0.00000243. The number of amides is 1. The Bertz CT molecular complexity index is 779. The van der Waals surface area contributed by atoms with Gasteiger partial charge in [0.15, 0.2) is 0 Å². The van der Waals surface area contributed by atoms with Crippen molar-refractivity contribution in [1.29, 1.82) is 0 Å². The highest BCUT2D eigenvalue weighted by atomic mass is 35.5. The van der Waals surface area contributed by atoms with Crippen molar-refractivity contribution < 1.29 is 18.0 Å². The second-order valence-corrected chi connectivity index (χ2v) is 6.26. The van der Waals surface area contributed by atoms with Crippen molar-refractivity contribution in [2.45, 2.75) is 38.1 Å². The van der Waals surface area contributed by atoms with Crippen LogP contribution in [-0.2, 0) is 23.9 Å². The zero-order valence-electron chi connectivity index (χ0n) is 14.1. The summed E-state index contributed by atoms with van der Waals surface area (Å²) in [6.07, 6.45) is -3.83. The molecule has 2 unspecified atom stereocenters. The first-order valence-electron chi connectivity index (χ1n) is 8.12. The predicted octanol–water partition coefficient (Wildman–Crippen LogP) is 4.02. The van der Waals surface area contributed by atoms with Gasteiger partial charge in [0.2, 0.25) is 5.91 Å². The third kappa shape index (κ3) is 4.56. The van der Waals surface area contributed by atoms with E-state index in [-0.39, 0.29) is 24.4 Å². The Hall–Kier alpha value is -2.05. The van der Waals surface area contributed by atoms with Gasteiger partial charge >= 0.3 is 6.18 Å². The normalized spacial score (nSPS) is 17.6. The van der Waals surface area contributed by atoms with Crippen molar-refractivity contribution in [2.75, 3.05) is 0 Å². The Kier molecular flexibility index (Phi) is 6.31. The van der Waals surface area contributed by atoms with Crippen molar-refractivity contribution in [2.24, 2.45) is 0 Å². The van der Waals surface area contributed by atoms with Gasteiger partial charge < -0.3 is 10.6 Å². The van der Waals surface area contributed by atoms with Crippen LogP contribution in [0.15, 0.2) is 48.5 Å². The fourth-order valence-corrected chi connectivity index (χ4v) is 3.02. The van der Waals surface area contributed by atoms with Gasteiger partial charge in [0, 0.05) is 6.54 Å². The topological polar surface area (TPSA) is 41.1 Å². The summed E-state index contributed by atoms with van der Waals surface area (Å²) in [5, 5.41) is 5.98. The molecule has 1 heterocycles. The molecular weight excluding hydrogens is 365 g/mol. The van der Waals surface area contributed by atoms with Crippen LogP contribution in [0, 0.1) is 0 Å². The minimum Gasteiger partial charge on any atom is -0.348 e. The molecule has 0 radical (unpaired) electrons. The van der Waals surface area contributed by atoms with Crippen molar-refractivity contribution in [3.05, 3.63) is 70.8 Å². The van der Waals surface area contributed by atoms with Crippen molar-refractivity contribution in [3.63, 3.8) is 0 Å². The maximum Gasteiger partial charge on any atom is 0.416 e. The molecule has 1 amide bonds. The van der Waals surface area contributed by atoms with Gasteiger partial charge in [0.05, 0.1) is 17.6 Å². The number of hydrogen-bond donors (Lipinski definition) is 2. The van der Waals surface area contributed by atoms with E-state index in [1.165, 1.54) is 6.07 Å². The number of fused-ring (bicyclic) bond motifs is 1. The van der Waals surface area contributed by atoms with Gasteiger partial charge in [-0.3, -0.25) is 4.79 Å². The minimum atomic E-state index is -4.39. The van der Waals surface area contributed by atoms with E-state index in [0.29, 0.717) is 18.5 Å². The monoisotopic (exact) mass is 384 g/mol. The Morgan fingerprint density at radius 2 is 1.85 bits per heavy atom. The molecule has 2 aromatic carbocycles. The van der Waals surface area contributed by atoms with Gasteiger partial charge in [-0.05, 0) is 42.2 Å². The summed E-state index contributed by atoms with van der Waals surface area (Å²) in [5.74, 6) is -0.209. The standard InChI is InChI=1S/C19H19F3N2O.ClH/c1-12(13-7-4-8-16(9-13)19(20,21)22)24-18(25)17-10-14-5-2-3-6-15(14)11-23-17;/h2-9,12,17,23H,10-11H2,1H3,(H,24,25);1H. The SMILES string of the molecule is CC(NC(=O)C1Cc2ccccc2CN1)c1cccc(C(F)(F)F)c1.Cl. The molecule has 1 aliphatic heterocycles. The molecule has 0 bridgehead atoms. The van der Waals surface area contributed by atoms with Crippen molar-refractivity contribution in [3.8, 4) is 0 Å². The molecule has 3 rings (SSSR count). The molecule has 3 nitrogen and oxygen atoms in total. The van der Waals surface area contributed by atoms with E-state index in [9.17, 15) is 18.0 Å². The molecule has 0 aromatic heterocycles. The quantitative estimate of drug-likeness (QED) is 0.839. The highest BCUT2D eigenvalue weighted by Crippen LogP contribution is 2.30. The van der Waals surface area contributed by atoms with Gasteiger partial charge in [-0.2, -0.15) is 13.2 Å². The number of carbonyl (C=O) groups excluding carboxylic acids is 1. The van der Waals surface area contributed by atoms with Crippen LogP contribution in [0.5, 0.6) is 0 Å². The third-order valence-corrected chi connectivity index (χ3v) is 4.47. The highest BCUT2D eigenvalue weighted by Gasteiger charge is 2.31. The second kappa shape index (κ2) is 8.10. The maximum absolute atomic E-state index is 12.8. The van der Waals surface area contributed by atoms with Crippen LogP contribution in [0.2, 0.25) is 0 Å². The summed E-state index contributed by atoms with van der Waals surface area (Å²) in [5.41, 5.74) is 2.00. The lowest BCUT2D eigenvalue weighted by Gasteiger charge is -2.27. The van der Waals surface area contributed by atoms with Gasteiger partial charge in [0.1, 0.15) is 0 Å². The second-order valence-electron chi connectivity index (χ2n) is 6.26. The lowest BCUT2D eigenvalue weighted by atomic mass is 9.95. The lowest BCUT2D eigenvalue weighted by molar-refractivity contribution is -0.137. The average Bonchev–Trinajstić information content (AvgIpc) is 2.60. The van der Waals surface area contributed by atoms with Crippen molar-refractivity contribution in [1.82, 2.24) is 10.6 Å². The number of nitrogens with one attached hydrogen (secondary N) is 2. The number of benzene rings is 2. The molecule has 0 saturated carbocycles. The van der Waals surface area contributed by atoms with Gasteiger partial charge in [-0.15, -0.1) is 12.4 Å². The smallest absolute Gasteiger partial charge is 0.348 e. The Labute approximate surface area is 156 Å². The molecule has 1 aliphatic rings. The Morgan fingerprint density at radius 3 is 2.54 bits per heavy atom. The molecule has 2 N–H and O–H groups in total. The first kappa shape index (κ1) is 20.3. The fraction of sp³-hybridized carbons (Fsp3) is 0.316. The van der Waals surface area contributed by atoms with E-state index in [4.69, 9.17) is 0 Å². The highest BCUT2D eigenvalue weighted by molar-refractivity contribution is 5.85. The van der Waals surface area contributed by atoms with Crippen LogP contribution in [0.1, 0.15) is 35.2 Å². The summed E-state index contributed by atoms with van der Waals surface area (Å²) in [4.78, 5) is 12.5. The van der Waals surface area contributed by atoms with E-state index < -0.39 is 17.8 Å².